The van der Waals surface area contributed by atoms with Crippen molar-refractivity contribution in [2.24, 2.45) is 5.92 Å². The predicted octanol–water partition coefficient (Wildman–Crippen LogP) is 3.89. The van der Waals surface area contributed by atoms with E-state index in [0.717, 1.165) is 0 Å². The van der Waals surface area contributed by atoms with Gasteiger partial charge in [0, 0.05) is 5.92 Å². The van der Waals surface area contributed by atoms with Crippen LogP contribution in [-0.2, 0) is 0 Å². The summed E-state index contributed by atoms with van der Waals surface area (Å²) in [6.45, 7) is 0. The molecule has 0 aromatic heterocycles. The van der Waals surface area contributed by atoms with Gasteiger partial charge in [0.05, 0.1) is 0 Å². The van der Waals surface area contributed by atoms with Gasteiger partial charge in [0.15, 0.2) is 0 Å². The molecule has 1 aliphatic carbocycles. The predicted molar refractivity (Wildman–Crippen MR) is 37.3 cm³/mol. The molecule has 0 aromatic rings. The summed E-state index contributed by atoms with van der Waals surface area (Å²) in [4.78, 5) is 0. The smallest absolute Gasteiger partial charge is 0.199 e. The Labute approximate surface area is 72.4 Å². The second-order valence-electron chi connectivity index (χ2n) is 3.18. The third-order valence-corrected chi connectivity index (χ3v) is 2.33. The van der Waals surface area contributed by atoms with Crippen LogP contribution < -0.4 is 0 Å². The molecule has 0 spiro atoms. The lowest BCUT2D eigenvalue weighted by Gasteiger charge is -2.20. The maximum atomic E-state index is 12.9. The molecule has 0 radical (unpaired) electrons. The van der Waals surface area contributed by atoms with E-state index in [0.29, 0.717) is 12.8 Å². The Kier molecular flexibility index (Phi) is 2.93. The van der Waals surface area contributed by atoms with Gasteiger partial charge in [0.2, 0.25) is 5.83 Å². The van der Waals surface area contributed by atoms with Crippen molar-refractivity contribution in [1.29, 1.82) is 0 Å². The summed E-state index contributed by atoms with van der Waals surface area (Å²) >= 11 is 0. The van der Waals surface area contributed by atoms with Crippen molar-refractivity contribution < 1.29 is 22.0 Å². The highest BCUT2D eigenvalue weighted by Crippen LogP contribution is 2.43. The molecule has 0 nitrogen and oxygen atoms in total. The quantitative estimate of drug-likeness (QED) is 0.593. The van der Waals surface area contributed by atoms with Gasteiger partial charge >= 0.3 is 12.0 Å². The molecule has 1 fully saturated rings. The molecular weight excluding hydrogens is 191 g/mol. The van der Waals surface area contributed by atoms with Crippen LogP contribution in [-0.4, -0.2) is 5.92 Å². The molecule has 0 saturated heterocycles. The summed E-state index contributed by atoms with van der Waals surface area (Å²) < 4.78 is 61.3. The molecule has 0 atom stereocenters. The molecule has 1 rings (SSSR count). The molecule has 1 aliphatic rings. The Balaban J connectivity index is 2.80. The molecule has 13 heavy (non-hydrogen) atoms. The number of hydrogen-bond acceptors (Lipinski definition) is 0. The van der Waals surface area contributed by atoms with E-state index in [2.05, 4.69) is 0 Å². The molecule has 0 amide bonds. The van der Waals surface area contributed by atoms with E-state index in [1.54, 1.807) is 0 Å². The summed E-state index contributed by atoms with van der Waals surface area (Å²) in [6.07, 6.45) is -1.55. The molecule has 1 saturated carbocycles. The summed E-state index contributed by atoms with van der Waals surface area (Å²) in [7, 11) is 0. The van der Waals surface area contributed by atoms with Crippen molar-refractivity contribution in [2.75, 3.05) is 0 Å². The number of rotatable bonds is 2. The first-order valence-electron chi connectivity index (χ1n) is 4.05. The maximum Gasteiger partial charge on any atom is 0.307 e. The summed E-state index contributed by atoms with van der Waals surface area (Å²) in [5.74, 6) is -7.79. The minimum Gasteiger partial charge on any atom is -0.199 e. The minimum absolute atomic E-state index is 0.119. The first kappa shape index (κ1) is 10.5. The summed E-state index contributed by atoms with van der Waals surface area (Å²) in [5.41, 5.74) is 0. The highest BCUT2D eigenvalue weighted by Gasteiger charge is 2.47. The van der Waals surface area contributed by atoms with Gasteiger partial charge in [0.1, 0.15) is 0 Å². The standard InChI is InChI=1S/C8H9F5/c9-6(7(10)11)8(12,13)5-3-1-2-4-5/h5H,1-4H2. The third kappa shape index (κ3) is 2.00. The van der Waals surface area contributed by atoms with Crippen molar-refractivity contribution in [3.8, 4) is 0 Å². The van der Waals surface area contributed by atoms with Crippen LogP contribution in [0.25, 0.3) is 0 Å². The van der Waals surface area contributed by atoms with Crippen LogP contribution in [0.4, 0.5) is 22.0 Å². The highest BCUT2D eigenvalue weighted by atomic mass is 19.3. The van der Waals surface area contributed by atoms with Crippen molar-refractivity contribution in [2.45, 2.75) is 31.6 Å². The Bertz CT molecular complexity index is 211. The zero-order chi connectivity index (χ0) is 10.1. The van der Waals surface area contributed by atoms with Crippen LogP contribution in [0, 0.1) is 5.92 Å². The Morgan fingerprint density at radius 1 is 1.00 bits per heavy atom. The van der Waals surface area contributed by atoms with E-state index in [1.807, 2.05) is 0 Å². The molecule has 76 valence electrons. The van der Waals surface area contributed by atoms with E-state index in [1.165, 1.54) is 0 Å². The maximum absolute atomic E-state index is 12.9. The Morgan fingerprint density at radius 2 is 1.46 bits per heavy atom. The average molecular weight is 200 g/mol. The first-order valence-corrected chi connectivity index (χ1v) is 4.05. The van der Waals surface area contributed by atoms with E-state index in [-0.39, 0.29) is 12.8 Å². The van der Waals surface area contributed by atoms with Crippen LogP contribution in [0.3, 0.4) is 0 Å². The van der Waals surface area contributed by atoms with Crippen molar-refractivity contribution >= 4 is 0 Å². The van der Waals surface area contributed by atoms with Crippen molar-refractivity contribution in [1.82, 2.24) is 0 Å². The van der Waals surface area contributed by atoms with Crippen molar-refractivity contribution in [3.63, 3.8) is 0 Å². The lowest BCUT2D eigenvalue weighted by Crippen LogP contribution is -2.27. The van der Waals surface area contributed by atoms with E-state index >= 15 is 0 Å². The van der Waals surface area contributed by atoms with Gasteiger partial charge in [-0.3, -0.25) is 0 Å². The van der Waals surface area contributed by atoms with Gasteiger partial charge in [-0.1, -0.05) is 12.8 Å². The number of allylic oxidation sites excluding steroid dienone is 1. The SMILES string of the molecule is FC(F)=C(F)C(F)(F)C1CCCC1. The van der Waals surface area contributed by atoms with Crippen LogP contribution in [0.1, 0.15) is 25.7 Å². The van der Waals surface area contributed by atoms with Crippen LogP contribution in [0.2, 0.25) is 0 Å². The number of halogens is 5. The highest BCUT2D eigenvalue weighted by molar-refractivity contribution is 5.07. The van der Waals surface area contributed by atoms with E-state index in [9.17, 15) is 22.0 Å². The van der Waals surface area contributed by atoms with E-state index < -0.39 is 23.7 Å². The van der Waals surface area contributed by atoms with Gasteiger partial charge in [-0.05, 0) is 12.8 Å². The molecule has 0 unspecified atom stereocenters. The molecular formula is C8H9F5. The van der Waals surface area contributed by atoms with Gasteiger partial charge in [-0.15, -0.1) is 0 Å². The molecule has 0 aliphatic heterocycles. The molecule has 5 heteroatoms. The zero-order valence-electron chi connectivity index (χ0n) is 6.80. The van der Waals surface area contributed by atoms with Gasteiger partial charge < -0.3 is 0 Å². The van der Waals surface area contributed by atoms with Gasteiger partial charge in [-0.2, -0.15) is 22.0 Å². The fourth-order valence-electron chi connectivity index (χ4n) is 1.59. The van der Waals surface area contributed by atoms with Crippen LogP contribution in [0.5, 0.6) is 0 Å². The molecule has 0 aromatic carbocycles. The van der Waals surface area contributed by atoms with Crippen LogP contribution in [0.15, 0.2) is 11.9 Å². The van der Waals surface area contributed by atoms with Gasteiger partial charge in [-0.25, -0.2) is 0 Å². The second-order valence-corrected chi connectivity index (χ2v) is 3.18. The largest absolute Gasteiger partial charge is 0.307 e. The van der Waals surface area contributed by atoms with Crippen molar-refractivity contribution in [3.05, 3.63) is 11.9 Å². The fourth-order valence-corrected chi connectivity index (χ4v) is 1.59. The third-order valence-electron chi connectivity index (χ3n) is 2.33. The molecule has 0 bridgehead atoms. The Hall–Kier alpha value is -0.610. The van der Waals surface area contributed by atoms with E-state index in [4.69, 9.17) is 0 Å². The lowest BCUT2D eigenvalue weighted by molar-refractivity contribution is -0.0434. The second kappa shape index (κ2) is 3.64. The molecule has 0 heterocycles. The molecule has 0 N–H and O–H groups in total. The first-order chi connectivity index (χ1) is 5.96. The van der Waals surface area contributed by atoms with Gasteiger partial charge in [0.25, 0.3) is 0 Å². The zero-order valence-corrected chi connectivity index (χ0v) is 6.80. The Morgan fingerprint density at radius 3 is 1.85 bits per heavy atom. The monoisotopic (exact) mass is 200 g/mol. The topological polar surface area (TPSA) is 0 Å². The summed E-state index contributed by atoms with van der Waals surface area (Å²) in [6, 6.07) is 0. The minimum atomic E-state index is -3.98. The average Bonchev–Trinajstić information content (AvgIpc) is 2.54. The number of alkyl halides is 2. The number of hydrogen-bond donors (Lipinski definition) is 0. The summed E-state index contributed by atoms with van der Waals surface area (Å²) in [5, 5.41) is 0. The van der Waals surface area contributed by atoms with Crippen LogP contribution >= 0.6 is 0 Å². The fraction of sp³-hybridized carbons (Fsp3) is 0.750. The lowest BCUT2D eigenvalue weighted by atomic mass is 9.99. The normalized spacial score (nSPS) is 19.2.